The van der Waals surface area contributed by atoms with E-state index >= 15 is 0 Å². The number of hydrogen-bond donors (Lipinski definition) is 1. The van der Waals surface area contributed by atoms with Gasteiger partial charge in [-0.3, -0.25) is 0 Å². The summed E-state index contributed by atoms with van der Waals surface area (Å²) in [7, 11) is -3.60. The lowest BCUT2D eigenvalue weighted by atomic mass is 10.0. The van der Waals surface area contributed by atoms with Crippen LogP contribution >= 0.6 is 22.9 Å². The van der Waals surface area contributed by atoms with E-state index in [1.165, 1.54) is 10.5 Å². The number of nitrogens with zero attached hydrogens (tertiary/aromatic N) is 5. The Hall–Kier alpha value is -1.33. The molecule has 0 aromatic carbocycles. The molecular weight excluding hydrogens is 398 g/mol. The van der Waals surface area contributed by atoms with Crippen LogP contribution in [0.4, 0.5) is 5.95 Å². The summed E-state index contributed by atoms with van der Waals surface area (Å²) in [4.78, 5) is 14.4. The predicted octanol–water partition coefficient (Wildman–Crippen LogP) is 1.71. The highest BCUT2D eigenvalue weighted by Gasteiger charge is 2.34. The molecule has 26 heavy (non-hydrogen) atoms. The first kappa shape index (κ1) is 19.4. The second kappa shape index (κ2) is 7.01. The number of aromatic nitrogens is 3. The minimum absolute atomic E-state index is 0.102. The van der Waals surface area contributed by atoms with Gasteiger partial charge in [-0.15, -0.1) is 0 Å². The Morgan fingerprint density at radius 1 is 1.23 bits per heavy atom. The van der Waals surface area contributed by atoms with Gasteiger partial charge in [-0.2, -0.15) is 4.31 Å². The zero-order valence-electron chi connectivity index (χ0n) is 14.6. The SMILES string of the molecule is C[C@H]1CN(S(=O)(=O)c2cnc(Cl)s2)CCN1c1ncc(C(C)(C)O)cn1. The van der Waals surface area contributed by atoms with Crippen LogP contribution < -0.4 is 4.90 Å². The van der Waals surface area contributed by atoms with Gasteiger partial charge in [0.15, 0.2) is 8.68 Å². The van der Waals surface area contributed by atoms with Crippen molar-refractivity contribution in [2.45, 2.75) is 36.6 Å². The second-order valence-corrected chi connectivity index (χ2v) is 10.4. The number of sulfonamides is 1. The van der Waals surface area contributed by atoms with Crippen LogP contribution in [-0.2, 0) is 15.6 Å². The highest BCUT2D eigenvalue weighted by molar-refractivity contribution is 7.91. The van der Waals surface area contributed by atoms with E-state index < -0.39 is 15.6 Å². The van der Waals surface area contributed by atoms with Crippen molar-refractivity contribution in [2.24, 2.45) is 0 Å². The molecule has 2 aromatic heterocycles. The first-order valence-corrected chi connectivity index (χ1v) is 10.7. The van der Waals surface area contributed by atoms with Crippen molar-refractivity contribution < 1.29 is 13.5 Å². The average molecular weight is 418 g/mol. The van der Waals surface area contributed by atoms with Crippen LogP contribution in [0.2, 0.25) is 4.47 Å². The Balaban J connectivity index is 1.74. The van der Waals surface area contributed by atoms with Crippen molar-refractivity contribution in [3.63, 3.8) is 0 Å². The topological polar surface area (TPSA) is 99.5 Å². The molecule has 2 aromatic rings. The fourth-order valence-electron chi connectivity index (χ4n) is 2.71. The van der Waals surface area contributed by atoms with Gasteiger partial charge in [0, 0.05) is 43.6 Å². The van der Waals surface area contributed by atoms with Crippen LogP contribution in [0.15, 0.2) is 22.8 Å². The molecule has 8 nitrogen and oxygen atoms in total. The fourth-order valence-corrected chi connectivity index (χ4v) is 5.67. The van der Waals surface area contributed by atoms with Gasteiger partial charge in [0.2, 0.25) is 5.95 Å². The van der Waals surface area contributed by atoms with E-state index in [1.54, 1.807) is 26.2 Å². The first-order valence-electron chi connectivity index (χ1n) is 8.02. The van der Waals surface area contributed by atoms with Gasteiger partial charge >= 0.3 is 0 Å². The van der Waals surface area contributed by atoms with Crippen molar-refractivity contribution in [2.75, 3.05) is 24.5 Å². The summed E-state index contributed by atoms with van der Waals surface area (Å²) >= 11 is 6.72. The van der Waals surface area contributed by atoms with E-state index in [9.17, 15) is 13.5 Å². The molecule has 0 bridgehead atoms. The normalized spacial score (nSPS) is 19.7. The van der Waals surface area contributed by atoms with E-state index in [2.05, 4.69) is 15.0 Å². The molecule has 0 unspecified atom stereocenters. The third kappa shape index (κ3) is 3.84. The maximum atomic E-state index is 12.7. The molecule has 1 fully saturated rings. The van der Waals surface area contributed by atoms with E-state index in [0.29, 0.717) is 31.1 Å². The van der Waals surface area contributed by atoms with Gasteiger partial charge in [-0.25, -0.2) is 23.4 Å². The van der Waals surface area contributed by atoms with Crippen LogP contribution in [0, 0.1) is 0 Å². The summed E-state index contributed by atoms with van der Waals surface area (Å²) in [5, 5.41) is 10.00. The summed E-state index contributed by atoms with van der Waals surface area (Å²) in [6, 6.07) is -0.102. The lowest BCUT2D eigenvalue weighted by Gasteiger charge is -2.38. The number of aliphatic hydroxyl groups is 1. The van der Waals surface area contributed by atoms with Crippen LogP contribution in [-0.4, -0.2) is 58.5 Å². The maximum absolute atomic E-state index is 12.7. The van der Waals surface area contributed by atoms with E-state index in [4.69, 9.17) is 11.6 Å². The van der Waals surface area contributed by atoms with Crippen LogP contribution in [0.25, 0.3) is 0 Å². The highest BCUT2D eigenvalue weighted by atomic mass is 35.5. The molecule has 0 aliphatic carbocycles. The summed E-state index contributed by atoms with van der Waals surface area (Å²) in [6.45, 7) is 6.36. The monoisotopic (exact) mass is 417 g/mol. The van der Waals surface area contributed by atoms with Crippen molar-refractivity contribution in [3.05, 3.63) is 28.6 Å². The second-order valence-electron chi connectivity index (χ2n) is 6.67. The van der Waals surface area contributed by atoms with Crippen molar-refractivity contribution in [1.29, 1.82) is 0 Å². The standard InChI is InChI=1S/C15H20ClN5O3S2/c1-10-9-20(26(23,24)12-8-17-13(16)25-12)4-5-21(10)14-18-6-11(7-19-14)15(2,3)22/h6-8,10,22H,4-5,9H2,1-3H3/t10-/m0/s1. The van der Waals surface area contributed by atoms with Crippen LogP contribution in [0.5, 0.6) is 0 Å². The average Bonchev–Trinajstić information content (AvgIpc) is 3.01. The fraction of sp³-hybridized carbons (Fsp3) is 0.533. The van der Waals surface area contributed by atoms with Crippen molar-refractivity contribution in [3.8, 4) is 0 Å². The minimum atomic E-state index is -3.60. The Morgan fingerprint density at radius 2 is 1.88 bits per heavy atom. The summed E-state index contributed by atoms with van der Waals surface area (Å²) in [5.74, 6) is 0.517. The van der Waals surface area contributed by atoms with Gasteiger partial charge < -0.3 is 10.0 Å². The molecule has 0 saturated carbocycles. The molecule has 1 aliphatic rings. The van der Waals surface area contributed by atoms with Gasteiger partial charge in [0.05, 0.1) is 11.8 Å². The predicted molar refractivity (Wildman–Crippen MR) is 100.0 cm³/mol. The molecule has 3 heterocycles. The lowest BCUT2D eigenvalue weighted by Crippen LogP contribution is -2.54. The van der Waals surface area contributed by atoms with E-state index in [0.717, 1.165) is 11.3 Å². The molecular formula is C15H20ClN5O3S2. The Kier molecular flexibility index (Phi) is 5.24. The molecule has 3 rings (SSSR count). The Labute approximate surface area is 161 Å². The summed E-state index contributed by atoms with van der Waals surface area (Å²) < 4.78 is 27.2. The van der Waals surface area contributed by atoms with Gasteiger partial charge in [-0.1, -0.05) is 22.9 Å². The molecule has 0 radical (unpaired) electrons. The largest absolute Gasteiger partial charge is 0.386 e. The smallest absolute Gasteiger partial charge is 0.254 e. The van der Waals surface area contributed by atoms with Crippen LogP contribution in [0.3, 0.4) is 0 Å². The van der Waals surface area contributed by atoms with Gasteiger partial charge in [0.1, 0.15) is 0 Å². The molecule has 0 amide bonds. The number of piperazine rings is 1. The third-order valence-electron chi connectivity index (χ3n) is 4.24. The zero-order chi connectivity index (χ0) is 19.1. The molecule has 1 aliphatic heterocycles. The van der Waals surface area contributed by atoms with E-state index in [-0.39, 0.29) is 14.7 Å². The van der Waals surface area contributed by atoms with Crippen molar-refractivity contribution in [1.82, 2.24) is 19.3 Å². The number of rotatable bonds is 4. The summed E-state index contributed by atoms with van der Waals surface area (Å²) in [6.07, 6.45) is 4.48. The van der Waals surface area contributed by atoms with Gasteiger partial charge in [-0.05, 0) is 20.8 Å². The quantitative estimate of drug-likeness (QED) is 0.808. The molecule has 1 atom stereocenters. The lowest BCUT2D eigenvalue weighted by molar-refractivity contribution is 0.0778. The zero-order valence-corrected chi connectivity index (χ0v) is 17.0. The number of anilines is 1. The van der Waals surface area contributed by atoms with Gasteiger partial charge in [0.25, 0.3) is 10.0 Å². The Bertz CT molecular complexity index is 879. The molecule has 11 heteroatoms. The van der Waals surface area contributed by atoms with Crippen molar-refractivity contribution >= 4 is 38.9 Å². The molecule has 0 spiro atoms. The highest BCUT2D eigenvalue weighted by Crippen LogP contribution is 2.28. The third-order valence-corrected chi connectivity index (χ3v) is 7.66. The minimum Gasteiger partial charge on any atom is -0.386 e. The first-order chi connectivity index (χ1) is 12.1. The van der Waals surface area contributed by atoms with Crippen LogP contribution in [0.1, 0.15) is 26.3 Å². The number of hydrogen-bond acceptors (Lipinski definition) is 8. The Morgan fingerprint density at radius 3 is 2.38 bits per heavy atom. The van der Waals surface area contributed by atoms with E-state index in [1.807, 2.05) is 11.8 Å². The molecule has 142 valence electrons. The molecule has 1 N–H and O–H groups in total. The number of thiazole rings is 1. The maximum Gasteiger partial charge on any atom is 0.254 e. The summed E-state index contributed by atoms with van der Waals surface area (Å²) in [5.41, 5.74) is -0.385. The molecule has 1 saturated heterocycles. The number of halogens is 1.